The van der Waals surface area contributed by atoms with E-state index in [1.54, 1.807) is 11.9 Å². The lowest BCUT2D eigenvalue weighted by Gasteiger charge is -2.24. The van der Waals surface area contributed by atoms with E-state index in [1.165, 1.54) is 17.7 Å². The molecule has 7 nitrogen and oxygen atoms in total. The molecule has 1 aromatic carbocycles. The zero-order chi connectivity index (χ0) is 18.1. The third-order valence-corrected chi connectivity index (χ3v) is 4.81. The fraction of sp³-hybridized carbons (Fsp3) is 0.389. The van der Waals surface area contributed by atoms with E-state index in [2.05, 4.69) is 0 Å². The number of hydrogen-bond acceptors (Lipinski definition) is 4. The van der Waals surface area contributed by atoms with Crippen molar-refractivity contribution in [3.8, 4) is 0 Å². The summed E-state index contributed by atoms with van der Waals surface area (Å²) in [7, 11) is 4.94. The molecule has 0 aliphatic carbocycles. The van der Waals surface area contributed by atoms with Crippen LogP contribution in [-0.4, -0.2) is 39.6 Å². The Balaban J connectivity index is 1.79. The van der Waals surface area contributed by atoms with E-state index < -0.39 is 0 Å². The quantitative estimate of drug-likeness (QED) is 0.803. The highest BCUT2D eigenvalue weighted by molar-refractivity contribution is 5.99. The number of carbonyl (C=O) groups is 1. The zero-order valence-electron chi connectivity index (χ0n) is 14.7. The number of carbonyl (C=O) groups excluding carboxylic acids is 1. The minimum Gasteiger partial charge on any atom is -0.311 e. The van der Waals surface area contributed by atoms with Crippen molar-refractivity contribution in [2.45, 2.75) is 19.0 Å². The summed E-state index contributed by atoms with van der Waals surface area (Å²) in [6, 6.07) is 10.8. The smallest absolute Gasteiger partial charge is 0.311 e. The van der Waals surface area contributed by atoms with Crippen LogP contribution in [0.5, 0.6) is 0 Å². The molecule has 25 heavy (non-hydrogen) atoms. The fourth-order valence-electron chi connectivity index (χ4n) is 3.23. The Hall–Kier alpha value is -2.67. The van der Waals surface area contributed by atoms with Crippen molar-refractivity contribution in [1.29, 1.82) is 0 Å². The van der Waals surface area contributed by atoms with Crippen molar-refractivity contribution in [2.24, 2.45) is 14.1 Å². The van der Waals surface area contributed by atoms with E-state index in [4.69, 9.17) is 0 Å². The molecule has 0 bridgehead atoms. The molecule has 1 saturated heterocycles. The van der Waals surface area contributed by atoms with Crippen LogP contribution in [0, 0.1) is 0 Å². The van der Waals surface area contributed by atoms with Gasteiger partial charge in [-0.25, -0.2) is 4.79 Å². The minimum absolute atomic E-state index is 0.0440. The van der Waals surface area contributed by atoms with Crippen molar-refractivity contribution in [3.63, 3.8) is 0 Å². The second-order valence-corrected chi connectivity index (χ2v) is 6.42. The predicted octanol–water partition coefficient (Wildman–Crippen LogP) is 0.321. The molecule has 1 atom stereocenters. The van der Waals surface area contributed by atoms with E-state index >= 15 is 0 Å². The summed E-state index contributed by atoms with van der Waals surface area (Å²) in [5.74, 6) is 0.0440. The Morgan fingerprint density at radius 3 is 2.44 bits per heavy atom. The average Bonchev–Trinajstić information content (AvgIpc) is 3.00. The molecule has 0 saturated carbocycles. The van der Waals surface area contributed by atoms with Crippen molar-refractivity contribution in [3.05, 3.63) is 62.9 Å². The highest BCUT2D eigenvalue weighted by Crippen LogP contribution is 2.24. The molecule has 3 rings (SSSR count). The number of likely N-dealkylation sites (N-methyl/N-ethyl adjacent to an activating group) is 1. The van der Waals surface area contributed by atoms with Crippen LogP contribution in [0.3, 0.4) is 0 Å². The van der Waals surface area contributed by atoms with Gasteiger partial charge < -0.3 is 4.90 Å². The SMILES string of the molecule is CN(Cc1cc(=O)n(C)c(=O)n1C)[C@@H]1CCN(c2ccccc2)C1=O. The number of hydrogen-bond donors (Lipinski definition) is 0. The Kier molecular flexibility index (Phi) is 4.59. The van der Waals surface area contributed by atoms with Crippen LogP contribution in [0.4, 0.5) is 5.69 Å². The number of amides is 1. The van der Waals surface area contributed by atoms with Gasteiger partial charge >= 0.3 is 5.69 Å². The highest BCUT2D eigenvalue weighted by Gasteiger charge is 2.35. The number of anilines is 1. The van der Waals surface area contributed by atoms with Crippen molar-refractivity contribution >= 4 is 11.6 Å². The lowest BCUT2D eigenvalue weighted by molar-refractivity contribution is -0.121. The number of aromatic nitrogens is 2. The predicted molar refractivity (Wildman–Crippen MR) is 95.6 cm³/mol. The summed E-state index contributed by atoms with van der Waals surface area (Å²) in [5, 5.41) is 0. The molecule has 1 aliphatic rings. The van der Waals surface area contributed by atoms with Gasteiger partial charge in [-0.3, -0.25) is 23.6 Å². The molecule has 2 heterocycles. The Bertz CT molecular complexity index is 901. The molecular weight excluding hydrogens is 320 g/mol. The molecule has 7 heteroatoms. The lowest BCUT2D eigenvalue weighted by atomic mass is 10.2. The van der Waals surface area contributed by atoms with Crippen LogP contribution >= 0.6 is 0 Å². The summed E-state index contributed by atoms with van der Waals surface area (Å²) >= 11 is 0. The van der Waals surface area contributed by atoms with Gasteiger partial charge in [0.25, 0.3) is 5.56 Å². The fourth-order valence-corrected chi connectivity index (χ4v) is 3.23. The first-order valence-electron chi connectivity index (χ1n) is 8.22. The van der Waals surface area contributed by atoms with Crippen molar-refractivity contribution < 1.29 is 4.79 Å². The maximum Gasteiger partial charge on any atom is 0.330 e. The third-order valence-electron chi connectivity index (χ3n) is 4.81. The molecule has 0 N–H and O–H groups in total. The molecular formula is C18H22N4O3. The van der Waals surface area contributed by atoms with Crippen LogP contribution in [-0.2, 0) is 25.4 Å². The van der Waals surface area contributed by atoms with E-state index in [9.17, 15) is 14.4 Å². The Morgan fingerprint density at radius 2 is 1.76 bits per heavy atom. The maximum atomic E-state index is 12.8. The van der Waals surface area contributed by atoms with Crippen LogP contribution in [0.1, 0.15) is 12.1 Å². The second-order valence-electron chi connectivity index (χ2n) is 6.42. The normalized spacial score (nSPS) is 17.5. The van der Waals surface area contributed by atoms with Crippen LogP contribution in [0.25, 0.3) is 0 Å². The Labute approximate surface area is 145 Å². The van der Waals surface area contributed by atoms with Gasteiger partial charge in [-0.05, 0) is 25.6 Å². The van der Waals surface area contributed by atoms with Gasteiger partial charge in [0.2, 0.25) is 5.91 Å². The summed E-state index contributed by atoms with van der Waals surface area (Å²) in [6.07, 6.45) is 0.711. The van der Waals surface area contributed by atoms with Crippen molar-refractivity contribution in [1.82, 2.24) is 14.0 Å². The number of benzene rings is 1. The first-order chi connectivity index (χ1) is 11.9. The summed E-state index contributed by atoms with van der Waals surface area (Å²) in [5.41, 5.74) is 0.792. The van der Waals surface area contributed by atoms with Gasteiger partial charge in [0, 0.05) is 44.6 Å². The molecule has 1 aromatic heterocycles. The van der Waals surface area contributed by atoms with Crippen LogP contribution in [0.2, 0.25) is 0 Å². The summed E-state index contributed by atoms with van der Waals surface area (Å²) in [6.45, 7) is 1.02. The van der Waals surface area contributed by atoms with Gasteiger partial charge in [-0.1, -0.05) is 18.2 Å². The largest absolute Gasteiger partial charge is 0.330 e. The van der Waals surface area contributed by atoms with E-state index in [0.29, 0.717) is 25.2 Å². The number of para-hydroxylation sites is 1. The average molecular weight is 342 g/mol. The highest BCUT2D eigenvalue weighted by atomic mass is 16.2. The summed E-state index contributed by atoms with van der Waals surface area (Å²) < 4.78 is 2.52. The first kappa shape index (κ1) is 17.2. The number of nitrogens with zero attached hydrogens (tertiary/aromatic N) is 4. The molecule has 1 amide bonds. The minimum atomic E-state index is -0.362. The Morgan fingerprint density at radius 1 is 1.08 bits per heavy atom. The van der Waals surface area contributed by atoms with Crippen molar-refractivity contribution in [2.75, 3.05) is 18.5 Å². The molecule has 1 aliphatic heterocycles. The maximum absolute atomic E-state index is 12.8. The monoisotopic (exact) mass is 342 g/mol. The zero-order valence-corrected chi connectivity index (χ0v) is 14.7. The third kappa shape index (κ3) is 3.15. The molecule has 1 fully saturated rings. The van der Waals surface area contributed by atoms with E-state index in [1.807, 2.05) is 42.3 Å². The van der Waals surface area contributed by atoms with Gasteiger partial charge in [-0.15, -0.1) is 0 Å². The van der Waals surface area contributed by atoms with Gasteiger partial charge in [-0.2, -0.15) is 0 Å². The van der Waals surface area contributed by atoms with E-state index in [0.717, 1.165) is 10.3 Å². The molecule has 0 spiro atoms. The standard InChI is InChI=1S/C18H22N4O3/c1-19(12-14-11-16(23)21(3)18(25)20(14)2)15-9-10-22(17(15)24)13-7-5-4-6-8-13/h4-8,11,15H,9-10,12H2,1-3H3/t15-/m1/s1. The van der Waals surface area contributed by atoms with Crippen LogP contribution in [0.15, 0.2) is 46.0 Å². The first-order valence-corrected chi connectivity index (χ1v) is 8.22. The van der Waals surface area contributed by atoms with Crippen LogP contribution < -0.4 is 16.1 Å². The van der Waals surface area contributed by atoms with Gasteiger partial charge in [0.05, 0.1) is 6.04 Å². The second kappa shape index (κ2) is 6.68. The topological polar surface area (TPSA) is 67.6 Å². The van der Waals surface area contributed by atoms with E-state index in [-0.39, 0.29) is 23.2 Å². The molecule has 0 unspecified atom stereocenters. The summed E-state index contributed by atoms with van der Waals surface area (Å²) in [4.78, 5) is 40.4. The number of rotatable bonds is 4. The lowest BCUT2D eigenvalue weighted by Crippen LogP contribution is -2.42. The molecule has 2 aromatic rings. The molecule has 132 valence electrons. The molecule has 0 radical (unpaired) electrons. The van der Waals surface area contributed by atoms with Gasteiger partial charge in [0.1, 0.15) is 0 Å². The van der Waals surface area contributed by atoms with Gasteiger partial charge in [0.15, 0.2) is 0 Å².